The molecule has 1 amide bonds. The number of fused-ring (bicyclic) bond motifs is 1. The monoisotopic (exact) mass is 393 g/mol. The first kappa shape index (κ1) is 19.1. The predicted molar refractivity (Wildman–Crippen MR) is 110 cm³/mol. The van der Waals surface area contributed by atoms with Gasteiger partial charge < -0.3 is 24.2 Å². The lowest BCUT2D eigenvalue weighted by Gasteiger charge is -2.33. The van der Waals surface area contributed by atoms with Crippen molar-refractivity contribution in [2.45, 2.75) is 6.10 Å². The van der Waals surface area contributed by atoms with E-state index in [1.165, 1.54) is 13.2 Å². The maximum absolute atomic E-state index is 12.9. The number of rotatable bonds is 4. The number of amides is 1. The maximum Gasteiger partial charge on any atom is 0.254 e. The van der Waals surface area contributed by atoms with E-state index >= 15 is 0 Å². The van der Waals surface area contributed by atoms with Crippen LogP contribution in [0.3, 0.4) is 0 Å². The van der Waals surface area contributed by atoms with Crippen molar-refractivity contribution in [1.82, 2.24) is 4.90 Å². The molecule has 1 saturated heterocycles. The van der Waals surface area contributed by atoms with Gasteiger partial charge in [0.2, 0.25) is 0 Å². The van der Waals surface area contributed by atoms with Crippen LogP contribution in [-0.4, -0.2) is 49.8 Å². The zero-order valence-corrected chi connectivity index (χ0v) is 16.4. The van der Waals surface area contributed by atoms with Crippen molar-refractivity contribution in [3.63, 3.8) is 0 Å². The highest BCUT2D eigenvalue weighted by atomic mass is 16.5. The molecule has 29 heavy (non-hydrogen) atoms. The van der Waals surface area contributed by atoms with E-state index in [0.717, 1.165) is 22.1 Å². The molecule has 0 aromatic heterocycles. The van der Waals surface area contributed by atoms with Gasteiger partial charge in [0.25, 0.3) is 5.91 Å². The summed E-state index contributed by atoms with van der Waals surface area (Å²) in [6, 6.07) is 16.8. The normalized spacial score (nSPS) is 16.6. The second-order valence-corrected chi connectivity index (χ2v) is 6.97. The van der Waals surface area contributed by atoms with E-state index in [1.54, 1.807) is 24.1 Å². The molecule has 0 bridgehead atoms. The molecule has 0 aliphatic carbocycles. The molecule has 1 fully saturated rings. The third-order valence-electron chi connectivity index (χ3n) is 5.22. The highest BCUT2D eigenvalue weighted by molar-refractivity contribution is 5.95. The summed E-state index contributed by atoms with van der Waals surface area (Å²) in [7, 11) is 3.13. The van der Waals surface area contributed by atoms with Crippen LogP contribution in [-0.2, 0) is 4.74 Å². The summed E-state index contributed by atoms with van der Waals surface area (Å²) in [5, 5.41) is 12.2. The fourth-order valence-corrected chi connectivity index (χ4v) is 3.61. The molecule has 6 nitrogen and oxygen atoms in total. The number of morpholine rings is 1. The lowest BCUT2D eigenvalue weighted by molar-refractivity contribution is -0.0227. The van der Waals surface area contributed by atoms with Gasteiger partial charge >= 0.3 is 0 Å². The first-order valence-electron chi connectivity index (χ1n) is 9.44. The van der Waals surface area contributed by atoms with Crippen molar-refractivity contribution in [3.05, 3.63) is 65.7 Å². The van der Waals surface area contributed by atoms with Gasteiger partial charge in [-0.2, -0.15) is 0 Å². The fraction of sp³-hybridized carbons (Fsp3) is 0.261. The Kier molecular flexibility index (Phi) is 5.27. The molecular formula is C23H23NO5. The van der Waals surface area contributed by atoms with Crippen molar-refractivity contribution >= 4 is 16.7 Å². The number of benzene rings is 3. The Balaban J connectivity index is 1.54. The van der Waals surface area contributed by atoms with Gasteiger partial charge in [-0.05, 0) is 52.7 Å². The summed E-state index contributed by atoms with van der Waals surface area (Å²) in [6.45, 7) is 1.42. The standard InChI is InChI=1S/C23H23NO5/c1-27-19-7-5-15-11-17(4-3-16(15)12-19)22-14-24(9-10-29-22)23(26)18-6-8-21(28-2)20(25)13-18/h3-8,11-13,22,25H,9-10,14H2,1-2H3. The molecule has 1 atom stereocenters. The minimum atomic E-state index is -0.203. The first-order chi connectivity index (χ1) is 14.1. The van der Waals surface area contributed by atoms with E-state index in [-0.39, 0.29) is 17.8 Å². The number of methoxy groups -OCH3 is 2. The van der Waals surface area contributed by atoms with Gasteiger partial charge in [0, 0.05) is 12.1 Å². The van der Waals surface area contributed by atoms with Crippen molar-refractivity contribution in [1.29, 1.82) is 0 Å². The Morgan fingerprint density at radius 2 is 1.83 bits per heavy atom. The number of carbonyl (C=O) groups excluding carboxylic acids is 1. The molecule has 1 heterocycles. The van der Waals surface area contributed by atoms with Crippen LogP contribution >= 0.6 is 0 Å². The third kappa shape index (κ3) is 3.84. The number of ether oxygens (including phenoxy) is 3. The number of carbonyl (C=O) groups is 1. The molecular weight excluding hydrogens is 370 g/mol. The molecule has 1 N–H and O–H groups in total. The smallest absolute Gasteiger partial charge is 0.254 e. The zero-order chi connectivity index (χ0) is 20.4. The van der Waals surface area contributed by atoms with Crippen LogP contribution in [0.2, 0.25) is 0 Å². The van der Waals surface area contributed by atoms with Gasteiger partial charge in [-0.15, -0.1) is 0 Å². The minimum Gasteiger partial charge on any atom is -0.504 e. The van der Waals surface area contributed by atoms with Crippen LogP contribution in [0.25, 0.3) is 10.8 Å². The van der Waals surface area contributed by atoms with Gasteiger partial charge in [-0.25, -0.2) is 0 Å². The molecule has 0 spiro atoms. The molecule has 3 aromatic carbocycles. The molecule has 150 valence electrons. The molecule has 6 heteroatoms. The quantitative estimate of drug-likeness (QED) is 0.731. The Morgan fingerprint density at radius 1 is 1.03 bits per heavy atom. The average molecular weight is 393 g/mol. The second kappa shape index (κ2) is 8.01. The largest absolute Gasteiger partial charge is 0.504 e. The molecule has 0 radical (unpaired) electrons. The number of phenols is 1. The second-order valence-electron chi connectivity index (χ2n) is 6.97. The van der Waals surface area contributed by atoms with Gasteiger partial charge in [0.05, 0.1) is 27.4 Å². The molecule has 1 aliphatic heterocycles. The van der Waals surface area contributed by atoms with Crippen LogP contribution in [0.1, 0.15) is 22.0 Å². The van der Waals surface area contributed by atoms with E-state index in [9.17, 15) is 9.90 Å². The number of hydrogen-bond acceptors (Lipinski definition) is 5. The third-order valence-corrected chi connectivity index (χ3v) is 5.22. The predicted octanol–water partition coefficient (Wildman–Crippen LogP) is 3.78. The lowest BCUT2D eigenvalue weighted by Crippen LogP contribution is -2.42. The van der Waals surface area contributed by atoms with Gasteiger partial charge in [0.15, 0.2) is 11.5 Å². The summed E-state index contributed by atoms with van der Waals surface area (Å²) in [5.74, 6) is 0.975. The molecule has 1 unspecified atom stereocenters. The van der Waals surface area contributed by atoms with E-state index < -0.39 is 0 Å². The van der Waals surface area contributed by atoms with Crippen LogP contribution in [0, 0.1) is 0 Å². The highest BCUT2D eigenvalue weighted by Gasteiger charge is 2.26. The van der Waals surface area contributed by atoms with Gasteiger partial charge in [-0.3, -0.25) is 4.79 Å². The number of hydrogen-bond donors (Lipinski definition) is 1. The SMILES string of the molecule is COc1ccc2cc(C3CN(C(=O)c4ccc(OC)c(O)c4)CCO3)ccc2c1. The lowest BCUT2D eigenvalue weighted by atomic mass is 10.0. The molecule has 3 aromatic rings. The summed E-state index contributed by atoms with van der Waals surface area (Å²) >= 11 is 0. The highest BCUT2D eigenvalue weighted by Crippen LogP contribution is 2.30. The van der Waals surface area contributed by atoms with E-state index in [2.05, 4.69) is 6.07 Å². The number of phenolic OH excluding ortho intramolecular Hbond substituents is 1. The first-order valence-corrected chi connectivity index (χ1v) is 9.44. The van der Waals surface area contributed by atoms with Crippen LogP contribution < -0.4 is 9.47 Å². The average Bonchev–Trinajstić information content (AvgIpc) is 2.77. The van der Waals surface area contributed by atoms with Gasteiger partial charge in [0.1, 0.15) is 11.9 Å². The van der Waals surface area contributed by atoms with Crippen molar-refractivity contribution < 1.29 is 24.1 Å². The zero-order valence-electron chi connectivity index (χ0n) is 16.4. The van der Waals surface area contributed by atoms with Crippen molar-refractivity contribution in [2.24, 2.45) is 0 Å². The maximum atomic E-state index is 12.9. The molecule has 1 aliphatic rings. The van der Waals surface area contributed by atoms with Crippen LogP contribution in [0.5, 0.6) is 17.2 Å². The Morgan fingerprint density at radius 3 is 2.59 bits per heavy atom. The summed E-state index contributed by atoms with van der Waals surface area (Å²) in [4.78, 5) is 14.7. The summed E-state index contributed by atoms with van der Waals surface area (Å²) < 4.78 is 16.3. The van der Waals surface area contributed by atoms with Crippen molar-refractivity contribution in [2.75, 3.05) is 33.9 Å². The minimum absolute atomic E-state index is 0.0480. The van der Waals surface area contributed by atoms with Crippen LogP contribution in [0.4, 0.5) is 0 Å². The van der Waals surface area contributed by atoms with E-state index in [1.807, 2.05) is 30.3 Å². The number of aromatic hydroxyl groups is 1. The van der Waals surface area contributed by atoms with Crippen LogP contribution in [0.15, 0.2) is 54.6 Å². The fourth-order valence-electron chi connectivity index (χ4n) is 3.61. The van der Waals surface area contributed by atoms with E-state index in [4.69, 9.17) is 14.2 Å². The van der Waals surface area contributed by atoms with Gasteiger partial charge in [-0.1, -0.05) is 18.2 Å². The van der Waals surface area contributed by atoms with Crippen molar-refractivity contribution in [3.8, 4) is 17.2 Å². The summed E-state index contributed by atoms with van der Waals surface area (Å²) in [6.07, 6.45) is -0.203. The Hall–Kier alpha value is -3.25. The molecule has 4 rings (SSSR count). The Labute approximate surface area is 169 Å². The topological polar surface area (TPSA) is 68.2 Å². The Bertz CT molecular complexity index is 1050. The summed E-state index contributed by atoms with van der Waals surface area (Å²) in [5.41, 5.74) is 1.45. The number of nitrogens with zero attached hydrogens (tertiary/aromatic N) is 1. The molecule has 0 saturated carbocycles. The van der Waals surface area contributed by atoms with E-state index in [0.29, 0.717) is 31.0 Å².